The molecule has 0 radical (unpaired) electrons. The van der Waals surface area contributed by atoms with E-state index < -0.39 is 0 Å². The van der Waals surface area contributed by atoms with Crippen LogP contribution < -0.4 is 15.8 Å². The largest absolute Gasteiger partial charge is 0.497 e. The van der Waals surface area contributed by atoms with E-state index in [1.807, 2.05) is 11.0 Å². The highest BCUT2D eigenvalue weighted by atomic mass is 16.5. The summed E-state index contributed by atoms with van der Waals surface area (Å²) in [6.45, 7) is 2.18. The number of rotatable bonds is 7. The Morgan fingerprint density at radius 2 is 1.97 bits per heavy atom. The highest BCUT2D eigenvalue weighted by Crippen LogP contribution is 2.60. The number of benzene rings is 2. The fourth-order valence-corrected chi connectivity index (χ4v) is 6.30. The summed E-state index contributed by atoms with van der Waals surface area (Å²) in [4.78, 5) is 15.0. The lowest BCUT2D eigenvalue weighted by Crippen LogP contribution is -2.79. The molecule has 6 rings (SSSR count). The summed E-state index contributed by atoms with van der Waals surface area (Å²) < 4.78 is 5.49. The Labute approximate surface area is 196 Å². The summed E-state index contributed by atoms with van der Waals surface area (Å²) in [6, 6.07) is 14.5. The zero-order valence-corrected chi connectivity index (χ0v) is 19.6. The standard InChI is InChI=1S/C28H33N3O2/c1-4-6-7-22-14-20-15-23(33-3)12-13-24(20)26(31(22)25(32)5-2)19-8-10-21(11-9-19)30-28-16-27(29,17-28)18-28/h2,8-13,15,22,26,30H,4,6-7,14,16-18,29H2,1,3H3/t22-,26-,27?,28?/m0/s1. The van der Waals surface area contributed by atoms with E-state index in [9.17, 15) is 4.79 Å². The van der Waals surface area contributed by atoms with Gasteiger partial charge in [0.1, 0.15) is 5.75 Å². The van der Waals surface area contributed by atoms with E-state index in [4.69, 9.17) is 16.9 Å². The van der Waals surface area contributed by atoms with E-state index in [0.717, 1.165) is 67.5 Å². The van der Waals surface area contributed by atoms with Crippen LogP contribution in [0.3, 0.4) is 0 Å². The molecule has 3 aliphatic carbocycles. The summed E-state index contributed by atoms with van der Waals surface area (Å²) >= 11 is 0. The Hall–Kier alpha value is -2.97. The highest BCUT2D eigenvalue weighted by molar-refractivity contribution is 5.94. The number of terminal acetylenes is 1. The molecule has 2 aromatic carbocycles. The number of anilines is 1. The van der Waals surface area contributed by atoms with Crippen molar-refractivity contribution < 1.29 is 9.53 Å². The molecule has 5 nitrogen and oxygen atoms in total. The Balaban J connectivity index is 1.49. The number of ether oxygens (including phenoxy) is 1. The number of nitrogens with one attached hydrogen (secondary N) is 1. The van der Waals surface area contributed by atoms with Crippen LogP contribution in [-0.2, 0) is 11.2 Å². The van der Waals surface area contributed by atoms with Gasteiger partial charge in [-0.05, 0) is 79.0 Å². The van der Waals surface area contributed by atoms with E-state index in [0.29, 0.717) is 0 Å². The Morgan fingerprint density at radius 1 is 1.24 bits per heavy atom. The van der Waals surface area contributed by atoms with E-state index >= 15 is 0 Å². The number of hydrogen-bond donors (Lipinski definition) is 2. The molecular weight excluding hydrogens is 410 g/mol. The summed E-state index contributed by atoms with van der Waals surface area (Å²) in [5.74, 6) is 3.00. The van der Waals surface area contributed by atoms with E-state index in [-0.39, 0.29) is 29.1 Å². The molecule has 0 spiro atoms. The van der Waals surface area contributed by atoms with E-state index in [1.165, 1.54) is 5.56 Å². The lowest BCUT2D eigenvalue weighted by atomic mass is 9.44. The molecule has 2 aromatic rings. The van der Waals surface area contributed by atoms with Gasteiger partial charge in [0.15, 0.2) is 0 Å². The van der Waals surface area contributed by atoms with Gasteiger partial charge in [-0.15, -0.1) is 6.42 Å². The van der Waals surface area contributed by atoms with Crippen molar-refractivity contribution in [2.24, 2.45) is 5.73 Å². The van der Waals surface area contributed by atoms with Gasteiger partial charge in [0.25, 0.3) is 5.91 Å². The fraction of sp³-hybridized carbons (Fsp3) is 0.464. The van der Waals surface area contributed by atoms with Crippen LogP contribution in [0.15, 0.2) is 42.5 Å². The molecule has 3 saturated carbocycles. The average Bonchev–Trinajstić information content (AvgIpc) is 2.79. The van der Waals surface area contributed by atoms with Gasteiger partial charge in [0.2, 0.25) is 0 Å². The second-order valence-electron chi connectivity index (χ2n) is 10.2. The van der Waals surface area contributed by atoms with Gasteiger partial charge in [-0.25, -0.2) is 0 Å². The van der Waals surface area contributed by atoms with Gasteiger partial charge >= 0.3 is 0 Å². The molecule has 3 N–H and O–H groups in total. The zero-order valence-electron chi connectivity index (χ0n) is 19.6. The Kier molecular flexibility index (Phi) is 5.37. The van der Waals surface area contributed by atoms with Crippen molar-refractivity contribution in [3.05, 3.63) is 59.2 Å². The third-order valence-corrected chi connectivity index (χ3v) is 7.73. The van der Waals surface area contributed by atoms with Gasteiger partial charge < -0.3 is 20.7 Å². The lowest BCUT2D eigenvalue weighted by molar-refractivity contribution is -0.130. The highest BCUT2D eigenvalue weighted by Gasteiger charge is 2.66. The molecular formula is C28H33N3O2. The summed E-state index contributed by atoms with van der Waals surface area (Å²) in [5, 5.41) is 3.68. The number of methoxy groups -OCH3 is 1. The number of unbranched alkanes of at least 4 members (excludes halogenated alkanes) is 1. The maximum absolute atomic E-state index is 13.0. The van der Waals surface area contributed by atoms with E-state index in [2.05, 4.69) is 54.6 Å². The monoisotopic (exact) mass is 443 g/mol. The van der Waals surface area contributed by atoms with Crippen LogP contribution in [0.2, 0.25) is 0 Å². The fourth-order valence-electron chi connectivity index (χ4n) is 6.30. The van der Waals surface area contributed by atoms with Gasteiger partial charge in [-0.2, -0.15) is 0 Å². The molecule has 33 heavy (non-hydrogen) atoms. The summed E-state index contributed by atoms with van der Waals surface area (Å²) in [7, 11) is 1.69. The summed E-state index contributed by atoms with van der Waals surface area (Å²) in [6.07, 6.45) is 12.6. The SMILES string of the molecule is C#CC(=O)N1[C@@H](CCCC)Cc2cc(OC)ccc2[C@@H]1c1ccc(NC23CC(N)(C2)C3)cc1. The predicted octanol–water partition coefficient (Wildman–Crippen LogP) is 4.41. The molecule has 0 aromatic heterocycles. The summed E-state index contributed by atoms with van der Waals surface area (Å²) in [5.41, 5.74) is 11.0. The first kappa shape index (κ1) is 21.9. The first-order chi connectivity index (χ1) is 15.9. The maximum atomic E-state index is 13.0. The van der Waals surface area contributed by atoms with E-state index in [1.54, 1.807) is 7.11 Å². The molecule has 0 unspecified atom stereocenters. The normalized spacial score (nSPS) is 29.2. The second-order valence-corrected chi connectivity index (χ2v) is 10.2. The third kappa shape index (κ3) is 3.77. The van der Waals surface area contributed by atoms with Crippen LogP contribution in [0.4, 0.5) is 5.69 Å². The van der Waals surface area contributed by atoms with Crippen LogP contribution in [0.5, 0.6) is 5.75 Å². The zero-order chi connectivity index (χ0) is 23.2. The molecule has 2 atom stereocenters. The van der Waals surface area contributed by atoms with Crippen LogP contribution in [-0.4, -0.2) is 35.0 Å². The minimum absolute atomic E-state index is 0.0671. The quantitative estimate of drug-likeness (QED) is 0.622. The average molecular weight is 444 g/mol. The van der Waals surface area contributed by atoms with Crippen LogP contribution in [0.1, 0.15) is 68.2 Å². The topological polar surface area (TPSA) is 67.6 Å². The van der Waals surface area contributed by atoms with Gasteiger partial charge in [-0.3, -0.25) is 4.79 Å². The van der Waals surface area contributed by atoms with Crippen molar-refractivity contribution in [3.63, 3.8) is 0 Å². The molecule has 1 aliphatic heterocycles. The van der Waals surface area contributed by atoms with Crippen molar-refractivity contribution in [3.8, 4) is 18.1 Å². The van der Waals surface area contributed by atoms with Crippen molar-refractivity contribution in [2.75, 3.05) is 12.4 Å². The van der Waals surface area contributed by atoms with Crippen LogP contribution >= 0.6 is 0 Å². The Morgan fingerprint density at radius 3 is 2.58 bits per heavy atom. The van der Waals surface area contributed by atoms with Gasteiger partial charge in [-0.1, -0.05) is 38.0 Å². The number of fused-ring (bicyclic) bond motifs is 1. The number of hydrogen-bond acceptors (Lipinski definition) is 4. The first-order valence-corrected chi connectivity index (χ1v) is 12.0. The van der Waals surface area contributed by atoms with Crippen LogP contribution in [0.25, 0.3) is 0 Å². The molecule has 1 heterocycles. The van der Waals surface area contributed by atoms with Crippen molar-refractivity contribution in [1.29, 1.82) is 0 Å². The number of carbonyl (C=O) groups excluding carboxylic acids is 1. The lowest BCUT2D eigenvalue weighted by Gasteiger charge is -2.69. The number of nitrogens with zero attached hydrogens (tertiary/aromatic N) is 1. The molecule has 3 fully saturated rings. The number of amides is 1. The minimum Gasteiger partial charge on any atom is -0.497 e. The first-order valence-electron chi connectivity index (χ1n) is 12.0. The molecule has 0 saturated heterocycles. The van der Waals surface area contributed by atoms with Gasteiger partial charge in [0.05, 0.1) is 13.2 Å². The maximum Gasteiger partial charge on any atom is 0.299 e. The predicted molar refractivity (Wildman–Crippen MR) is 131 cm³/mol. The van der Waals surface area contributed by atoms with Gasteiger partial charge in [0, 0.05) is 22.8 Å². The van der Waals surface area contributed by atoms with Crippen LogP contribution in [0, 0.1) is 12.3 Å². The molecule has 2 bridgehead atoms. The van der Waals surface area contributed by atoms with Crippen molar-refractivity contribution in [2.45, 2.75) is 75.0 Å². The number of nitrogens with two attached hydrogens (primary N) is 1. The van der Waals surface area contributed by atoms with Crippen molar-refractivity contribution in [1.82, 2.24) is 4.90 Å². The molecule has 5 heteroatoms. The third-order valence-electron chi connectivity index (χ3n) is 7.73. The number of carbonyl (C=O) groups is 1. The molecule has 172 valence electrons. The second kappa shape index (κ2) is 8.11. The Bertz CT molecular complexity index is 1080. The minimum atomic E-state index is -0.244. The smallest absolute Gasteiger partial charge is 0.299 e. The molecule has 4 aliphatic rings. The molecule has 1 amide bonds. The van der Waals surface area contributed by atoms with Crippen molar-refractivity contribution >= 4 is 11.6 Å².